The number of nitrogens with one attached hydrogen (secondary N) is 2. The van der Waals surface area contributed by atoms with Gasteiger partial charge >= 0.3 is 6.03 Å². The maximum Gasteiger partial charge on any atom is 0.315 e. The number of aliphatic hydroxyl groups is 1. The smallest absolute Gasteiger partial charge is 0.315 e. The van der Waals surface area contributed by atoms with E-state index in [0.717, 1.165) is 19.3 Å². The molecule has 5 heteroatoms. The number of hydrogen-bond donors (Lipinski definition) is 3. The fraction of sp³-hybridized carbons (Fsp3) is 0.929. The summed E-state index contributed by atoms with van der Waals surface area (Å²) in [6.07, 6.45) is 2.53. The van der Waals surface area contributed by atoms with Crippen LogP contribution in [-0.2, 0) is 4.74 Å². The van der Waals surface area contributed by atoms with Gasteiger partial charge in [-0.25, -0.2) is 4.79 Å². The summed E-state index contributed by atoms with van der Waals surface area (Å²) in [5.74, 6) is 0.380. The van der Waals surface area contributed by atoms with Gasteiger partial charge in [-0.15, -0.1) is 0 Å². The first kappa shape index (κ1) is 14.6. The molecule has 2 atom stereocenters. The van der Waals surface area contributed by atoms with Crippen LogP contribution >= 0.6 is 0 Å². The maximum absolute atomic E-state index is 11.9. The van der Waals surface area contributed by atoms with E-state index in [4.69, 9.17) is 4.74 Å². The fourth-order valence-corrected chi connectivity index (χ4v) is 2.84. The van der Waals surface area contributed by atoms with Crippen LogP contribution in [0.3, 0.4) is 0 Å². The van der Waals surface area contributed by atoms with E-state index in [1.807, 2.05) is 27.7 Å². The number of aliphatic hydroxyl groups excluding tert-OH is 1. The molecule has 0 aromatic rings. The largest absolute Gasteiger partial charge is 0.391 e. The molecule has 0 aromatic heterocycles. The van der Waals surface area contributed by atoms with Gasteiger partial charge in [-0.05, 0) is 52.9 Å². The van der Waals surface area contributed by atoms with Gasteiger partial charge in [0.2, 0.25) is 0 Å². The Labute approximate surface area is 115 Å². The van der Waals surface area contributed by atoms with Gasteiger partial charge in [-0.3, -0.25) is 0 Å². The molecule has 0 aromatic carbocycles. The number of amides is 2. The Morgan fingerprint density at radius 3 is 2.47 bits per heavy atom. The number of rotatable bonds is 4. The summed E-state index contributed by atoms with van der Waals surface area (Å²) >= 11 is 0. The minimum absolute atomic E-state index is 0.0134. The summed E-state index contributed by atoms with van der Waals surface area (Å²) in [5.41, 5.74) is -0.578. The van der Waals surface area contributed by atoms with Crippen LogP contribution in [0.2, 0.25) is 0 Å². The van der Waals surface area contributed by atoms with E-state index >= 15 is 0 Å². The van der Waals surface area contributed by atoms with Crippen molar-refractivity contribution >= 4 is 6.03 Å². The lowest BCUT2D eigenvalue weighted by Crippen LogP contribution is -2.50. The molecule has 1 saturated heterocycles. The molecular weight excluding hydrogens is 244 g/mol. The molecule has 1 aliphatic carbocycles. The molecule has 1 heterocycles. The van der Waals surface area contributed by atoms with Gasteiger partial charge in [0.25, 0.3) is 0 Å². The Bertz CT molecular complexity index is 351. The highest BCUT2D eigenvalue weighted by Crippen LogP contribution is 2.37. The molecule has 0 bridgehead atoms. The Kier molecular flexibility index (Phi) is 3.80. The molecule has 2 rings (SSSR count). The third-order valence-electron chi connectivity index (χ3n) is 4.02. The molecule has 0 radical (unpaired) electrons. The summed E-state index contributed by atoms with van der Waals surface area (Å²) < 4.78 is 5.93. The Balaban J connectivity index is 1.78. The van der Waals surface area contributed by atoms with E-state index in [2.05, 4.69) is 10.6 Å². The number of carbonyl (C=O) groups is 1. The minimum atomic E-state index is -0.407. The zero-order valence-electron chi connectivity index (χ0n) is 12.3. The normalized spacial score (nSPS) is 29.8. The lowest BCUT2D eigenvalue weighted by molar-refractivity contribution is -0.0690. The highest BCUT2D eigenvalue weighted by atomic mass is 16.5. The van der Waals surface area contributed by atoms with Crippen LogP contribution < -0.4 is 10.6 Å². The van der Waals surface area contributed by atoms with Crippen LogP contribution in [0.1, 0.15) is 47.0 Å². The second kappa shape index (κ2) is 4.94. The van der Waals surface area contributed by atoms with Crippen molar-refractivity contribution in [1.82, 2.24) is 10.6 Å². The van der Waals surface area contributed by atoms with Crippen molar-refractivity contribution in [2.24, 2.45) is 5.92 Å². The second-order valence-corrected chi connectivity index (χ2v) is 6.98. The van der Waals surface area contributed by atoms with Crippen molar-refractivity contribution in [1.29, 1.82) is 0 Å². The molecule has 2 aliphatic rings. The fourth-order valence-electron chi connectivity index (χ4n) is 2.84. The van der Waals surface area contributed by atoms with Gasteiger partial charge in [-0.2, -0.15) is 0 Å². The number of urea groups is 1. The summed E-state index contributed by atoms with van der Waals surface area (Å²) in [7, 11) is 0. The zero-order valence-corrected chi connectivity index (χ0v) is 12.3. The summed E-state index contributed by atoms with van der Waals surface area (Å²) in [5, 5.41) is 15.4. The van der Waals surface area contributed by atoms with Crippen molar-refractivity contribution in [2.75, 3.05) is 6.54 Å². The Morgan fingerprint density at radius 1 is 1.37 bits per heavy atom. The standard InChI is InChI=1S/C14H26N2O3/c1-13(2)7-11(14(3,4)19-13)16-12(18)15-8-10(17)9-5-6-9/h9-11,17H,5-8H2,1-4H3,(H2,15,16,18). The Hall–Kier alpha value is -0.810. The minimum Gasteiger partial charge on any atom is -0.391 e. The van der Waals surface area contributed by atoms with Crippen molar-refractivity contribution in [3.8, 4) is 0 Å². The number of ether oxygens (including phenoxy) is 1. The first-order chi connectivity index (χ1) is 8.70. The molecule has 2 unspecified atom stereocenters. The highest BCUT2D eigenvalue weighted by Gasteiger charge is 2.46. The topological polar surface area (TPSA) is 70.6 Å². The monoisotopic (exact) mass is 270 g/mol. The molecule has 19 heavy (non-hydrogen) atoms. The average molecular weight is 270 g/mol. The van der Waals surface area contributed by atoms with Gasteiger partial charge in [0.1, 0.15) is 0 Å². The van der Waals surface area contributed by atoms with Crippen LogP contribution in [0, 0.1) is 5.92 Å². The van der Waals surface area contributed by atoms with Crippen molar-refractivity contribution in [2.45, 2.75) is 70.3 Å². The van der Waals surface area contributed by atoms with Crippen molar-refractivity contribution in [3.63, 3.8) is 0 Å². The molecule has 0 spiro atoms. The van der Waals surface area contributed by atoms with Crippen LogP contribution in [0.15, 0.2) is 0 Å². The first-order valence-corrected chi connectivity index (χ1v) is 7.12. The predicted octanol–water partition coefficient (Wildman–Crippen LogP) is 1.40. The molecule has 3 N–H and O–H groups in total. The SMILES string of the molecule is CC1(C)CC(NC(=O)NCC(O)C2CC2)C(C)(C)O1. The Morgan fingerprint density at radius 2 is 2.00 bits per heavy atom. The van der Waals surface area contributed by atoms with E-state index in [-0.39, 0.29) is 23.3 Å². The number of hydrogen-bond acceptors (Lipinski definition) is 3. The van der Waals surface area contributed by atoms with Crippen LogP contribution in [0.4, 0.5) is 4.79 Å². The third-order valence-corrected chi connectivity index (χ3v) is 4.02. The third kappa shape index (κ3) is 3.83. The molecule has 1 saturated carbocycles. The van der Waals surface area contributed by atoms with Crippen molar-refractivity contribution < 1.29 is 14.6 Å². The van der Waals surface area contributed by atoms with Gasteiger partial charge in [-0.1, -0.05) is 0 Å². The quantitative estimate of drug-likeness (QED) is 0.723. The molecule has 5 nitrogen and oxygen atoms in total. The first-order valence-electron chi connectivity index (χ1n) is 7.12. The summed E-state index contributed by atoms with van der Waals surface area (Å²) in [6, 6.07) is -0.236. The molecule has 2 fully saturated rings. The van der Waals surface area contributed by atoms with Gasteiger partial charge in [0.15, 0.2) is 0 Å². The highest BCUT2D eigenvalue weighted by molar-refractivity contribution is 5.74. The maximum atomic E-state index is 11.9. The summed E-state index contributed by atoms with van der Waals surface area (Å²) in [4.78, 5) is 11.9. The molecule has 1 aliphatic heterocycles. The van der Waals surface area contributed by atoms with Crippen molar-refractivity contribution in [3.05, 3.63) is 0 Å². The van der Waals surface area contributed by atoms with Gasteiger partial charge < -0.3 is 20.5 Å². The summed E-state index contributed by atoms with van der Waals surface area (Å²) in [6.45, 7) is 8.38. The lowest BCUT2D eigenvalue weighted by Gasteiger charge is -2.27. The molecule has 2 amide bonds. The van der Waals surface area contributed by atoms with E-state index < -0.39 is 6.10 Å². The zero-order chi connectivity index (χ0) is 14.3. The van der Waals surface area contributed by atoms with E-state index in [9.17, 15) is 9.90 Å². The lowest BCUT2D eigenvalue weighted by atomic mass is 9.95. The predicted molar refractivity (Wildman–Crippen MR) is 72.9 cm³/mol. The van der Waals surface area contributed by atoms with Crippen LogP contribution in [0.5, 0.6) is 0 Å². The average Bonchev–Trinajstić information content (AvgIpc) is 3.03. The van der Waals surface area contributed by atoms with E-state index in [1.165, 1.54) is 0 Å². The number of carbonyl (C=O) groups excluding carboxylic acids is 1. The van der Waals surface area contributed by atoms with Crippen LogP contribution in [0.25, 0.3) is 0 Å². The van der Waals surface area contributed by atoms with Crippen LogP contribution in [-0.4, -0.2) is 41.0 Å². The van der Waals surface area contributed by atoms with E-state index in [0.29, 0.717) is 12.5 Å². The van der Waals surface area contributed by atoms with E-state index in [1.54, 1.807) is 0 Å². The van der Waals surface area contributed by atoms with Gasteiger partial charge in [0.05, 0.1) is 23.3 Å². The second-order valence-electron chi connectivity index (χ2n) is 6.98. The van der Waals surface area contributed by atoms with Gasteiger partial charge in [0, 0.05) is 6.54 Å². The molecule has 110 valence electrons. The molecular formula is C14H26N2O3.